The van der Waals surface area contributed by atoms with Crippen molar-refractivity contribution in [2.45, 2.75) is 40.5 Å². The van der Waals surface area contributed by atoms with Crippen molar-refractivity contribution in [2.75, 3.05) is 13.6 Å². The van der Waals surface area contributed by atoms with Crippen LogP contribution in [0.4, 0.5) is 0 Å². The van der Waals surface area contributed by atoms with Crippen LogP contribution in [0.5, 0.6) is 0 Å². The van der Waals surface area contributed by atoms with Gasteiger partial charge in [-0.05, 0) is 18.3 Å². The van der Waals surface area contributed by atoms with E-state index >= 15 is 0 Å². The Bertz CT molecular complexity index is 159. The molecule has 14 heavy (non-hydrogen) atoms. The summed E-state index contributed by atoms with van der Waals surface area (Å²) in [6.07, 6.45) is 2.47. The van der Waals surface area contributed by atoms with Crippen molar-refractivity contribution in [1.29, 1.82) is 0 Å². The molecule has 0 bridgehead atoms. The van der Waals surface area contributed by atoms with Gasteiger partial charge in [0.1, 0.15) is 0 Å². The molecule has 1 radical (unpaired) electrons. The largest absolute Gasteiger partial charge is 0.346 e. The van der Waals surface area contributed by atoms with Crippen molar-refractivity contribution in [3.63, 3.8) is 0 Å². The van der Waals surface area contributed by atoms with E-state index in [-0.39, 0.29) is 24.5 Å². The van der Waals surface area contributed by atoms with Crippen LogP contribution in [0.3, 0.4) is 0 Å². The van der Waals surface area contributed by atoms with Crippen LogP contribution in [0.25, 0.3) is 0 Å². The van der Waals surface area contributed by atoms with Crippen LogP contribution in [0.1, 0.15) is 40.5 Å². The van der Waals surface area contributed by atoms with Crippen LogP contribution in [-0.4, -0.2) is 24.4 Å². The van der Waals surface area contributed by atoms with Gasteiger partial charge < -0.3 is 4.90 Å². The first kappa shape index (κ1) is 16.5. The predicted octanol–water partition coefficient (Wildman–Crippen LogP) is 2.53. The molecule has 0 saturated carbocycles. The summed E-state index contributed by atoms with van der Waals surface area (Å²) in [6.45, 7) is 9.20. The molecule has 0 aromatic rings. The maximum atomic E-state index is 10.9. The molecule has 0 heterocycles. The zero-order chi connectivity index (χ0) is 10.4. The maximum absolute atomic E-state index is 10.9. The molecule has 0 aliphatic carbocycles. The quantitative estimate of drug-likeness (QED) is 0.718. The van der Waals surface area contributed by atoms with Gasteiger partial charge in [0.2, 0.25) is 5.91 Å². The molecule has 2 nitrogen and oxygen atoms in total. The van der Waals surface area contributed by atoms with Crippen molar-refractivity contribution in [1.82, 2.24) is 4.90 Å². The van der Waals surface area contributed by atoms with Gasteiger partial charge in [0.05, 0.1) is 0 Å². The van der Waals surface area contributed by atoms with Crippen molar-refractivity contribution < 1.29 is 23.4 Å². The molecule has 1 amide bonds. The number of amides is 1. The molecule has 0 spiro atoms. The molecular weight excluding hydrogens is 213 g/mol. The predicted molar refractivity (Wildman–Crippen MR) is 56.5 cm³/mol. The Morgan fingerprint density at radius 1 is 1.21 bits per heavy atom. The van der Waals surface area contributed by atoms with Crippen LogP contribution in [0.2, 0.25) is 0 Å². The van der Waals surface area contributed by atoms with Gasteiger partial charge in [-0.15, -0.1) is 0 Å². The molecular formula is C11H23NOV. The molecule has 3 heteroatoms. The summed E-state index contributed by atoms with van der Waals surface area (Å²) in [5.41, 5.74) is 0. The van der Waals surface area contributed by atoms with Crippen LogP contribution < -0.4 is 0 Å². The minimum atomic E-state index is 0. The summed E-state index contributed by atoms with van der Waals surface area (Å²) in [6, 6.07) is 0. The first-order valence-corrected chi connectivity index (χ1v) is 5.15. The third kappa shape index (κ3) is 8.64. The Kier molecular flexibility index (Phi) is 9.85. The van der Waals surface area contributed by atoms with Crippen molar-refractivity contribution in [3.05, 3.63) is 0 Å². The SMILES string of the molecule is CC(=O)N(C)CC(C)CCC(C)C.[V]. The van der Waals surface area contributed by atoms with E-state index in [9.17, 15) is 4.79 Å². The smallest absolute Gasteiger partial charge is 0.219 e. The summed E-state index contributed by atoms with van der Waals surface area (Å²) in [4.78, 5) is 12.7. The summed E-state index contributed by atoms with van der Waals surface area (Å²) in [5, 5.41) is 0. The summed E-state index contributed by atoms with van der Waals surface area (Å²) >= 11 is 0. The normalized spacial score (nSPS) is 12.1. The zero-order valence-corrected chi connectivity index (χ0v) is 11.5. The number of hydrogen-bond donors (Lipinski definition) is 0. The number of carbonyl (C=O) groups excluding carboxylic acids is 1. The summed E-state index contributed by atoms with van der Waals surface area (Å²) in [5.74, 6) is 1.55. The monoisotopic (exact) mass is 236 g/mol. The average Bonchev–Trinajstić information content (AvgIpc) is 2.00. The van der Waals surface area contributed by atoms with E-state index in [0.717, 1.165) is 12.5 Å². The van der Waals surface area contributed by atoms with Crippen molar-refractivity contribution >= 4 is 5.91 Å². The van der Waals surface area contributed by atoms with E-state index in [1.165, 1.54) is 12.8 Å². The minimum absolute atomic E-state index is 0. The Morgan fingerprint density at radius 2 is 1.71 bits per heavy atom. The molecule has 0 aliphatic heterocycles. The minimum Gasteiger partial charge on any atom is -0.346 e. The standard InChI is InChI=1S/C11H23NO.V/c1-9(2)6-7-10(3)8-12(5)11(4)13;/h9-10H,6-8H2,1-5H3;. The van der Waals surface area contributed by atoms with Crippen molar-refractivity contribution in [3.8, 4) is 0 Å². The van der Waals surface area contributed by atoms with Gasteiger partial charge >= 0.3 is 0 Å². The second-order valence-electron chi connectivity index (χ2n) is 4.48. The first-order chi connectivity index (χ1) is 5.93. The maximum Gasteiger partial charge on any atom is 0.219 e. The van der Waals surface area contributed by atoms with Crippen LogP contribution >= 0.6 is 0 Å². The second-order valence-corrected chi connectivity index (χ2v) is 4.48. The topological polar surface area (TPSA) is 20.3 Å². The molecule has 0 rings (SSSR count). The fourth-order valence-electron chi connectivity index (χ4n) is 1.31. The van der Waals surface area contributed by atoms with Gasteiger partial charge in [-0.25, -0.2) is 0 Å². The molecule has 0 aromatic carbocycles. The molecule has 83 valence electrons. The van der Waals surface area contributed by atoms with Crippen LogP contribution in [-0.2, 0) is 23.4 Å². The summed E-state index contributed by atoms with van der Waals surface area (Å²) < 4.78 is 0. The molecule has 0 N–H and O–H groups in total. The van der Waals surface area contributed by atoms with E-state index < -0.39 is 0 Å². The number of carbonyl (C=O) groups is 1. The van der Waals surface area contributed by atoms with Gasteiger partial charge in [-0.2, -0.15) is 0 Å². The van der Waals surface area contributed by atoms with Gasteiger partial charge in [0, 0.05) is 39.1 Å². The second kappa shape index (κ2) is 8.37. The summed E-state index contributed by atoms with van der Waals surface area (Å²) in [7, 11) is 1.87. The molecule has 0 saturated heterocycles. The van der Waals surface area contributed by atoms with E-state index in [0.29, 0.717) is 5.92 Å². The fourth-order valence-corrected chi connectivity index (χ4v) is 1.31. The van der Waals surface area contributed by atoms with Crippen LogP contribution in [0, 0.1) is 11.8 Å². The molecule has 0 aliphatic rings. The Hall–Kier alpha value is 0.0544. The van der Waals surface area contributed by atoms with Gasteiger partial charge in [0.25, 0.3) is 0 Å². The number of rotatable bonds is 5. The van der Waals surface area contributed by atoms with Gasteiger partial charge in [-0.3, -0.25) is 4.79 Å². The van der Waals surface area contributed by atoms with Gasteiger partial charge in [0.15, 0.2) is 0 Å². The first-order valence-electron chi connectivity index (χ1n) is 5.15. The van der Waals surface area contributed by atoms with E-state index in [4.69, 9.17) is 0 Å². The fraction of sp³-hybridized carbons (Fsp3) is 0.909. The van der Waals surface area contributed by atoms with Crippen molar-refractivity contribution in [2.24, 2.45) is 11.8 Å². The third-order valence-corrected chi connectivity index (χ3v) is 2.36. The van der Waals surface area contributed by atoms with E-state index in [2.05, 4.69) is 20.8 Å². The Labute approximate surface area is 100 Å². The molecule has 0 aromatic heterocycles. The third-order valence-electron chi connectivity index (χ3n) is 2.36. The number of nitrogens with zero attached hydrogens (tertiary/aromatic N) is 1. The average molecular weight is 236 g/mol. The zero-order valence-electron chi connectivity index (χ0n) is 10.1. The molecule has 1 unspecified atom stereocenters. The van der Waals surface area contributed by atoms with E-state index in [1.54, 1.807) is 11.8 Å². The number of hydrogen-bond acceptors (Lipinski definition) is 1. The van der Waals surface area contributed by atoms with E-state index in [1.807, 2.05) is 7.05 Å². The Morgan fingerprint density at radius 3 is 2.07 bits per heavy atom. The van der Waals surface area contributed by atoms with Crippen LogP contribution in [0.15, 0.2) is 0 Å². The van der Waals surface area contributed by atoms with Gasteiger partial charge in [-0.1, -0.05) is 27.2 Å². The molecule has 0 fully saturated rings. The Balaban J connectivity index is 0. The molecule has 1 atom stereocenters.